The Labute approximate surface area is 88.5 Å². The zero-order valence-corrected chi connectivity index (χ0v) is 8.66. The molecule has 1 aliphatic carbocycles. The molecule has 1 aromatic rings. The van der Waals surface area contributed by atoms with Gasteiger partial charge in [-0.1, -0.05) is 0 Å². The first-order chi connectivity index (χ1) is 7.16. The van der Waals surface area contributed by atoms with Crippen LogP contribution in [0.15, 0.2) is 24.3 Å². The topological polar surface area (TPSA) is 29.1 Å². The first kappa shape index (κ1) is 10.1. The Morgan fingerprint density at radius 2 is 2.00 bits per heavy atom. The Morgan fingerprint density at radius 1 is 1.40 bits per heavy atom. The summed E-state index contributed by atoms with van der Waals surface area (Å²) in [6, 6.07) is 5.84. The summed E-state index contributed by atoms with van der Waals surface area (Å²) in [7, 11) is 0. The fraction of sp³-hybridized carbons (Fsp3) is 0.417. The first-order valence-electron chi connectivity index (χ1n) is 5.23. The molecule has 1 aliphatic rings. The van der Waals surface area contributed by atoms with E-state index in [1.807, 2.05) is 6.92 Å². The van der Waals surface area contributed by atoms with E-state index in [0.29, 0.717) is 11.5 Å². The summed E-state index contributed by atoms with van der Waals surface area (Å²) in [6.45, 7) is 2.01. The minimum atomic E-state index is -0.318. The molecule has 1 aromatic carbocycles. The van der Waals surface area contributed by atoms with Gasteiger partial charge in [0, 0.05) is 11.6 Å². The molecule has 0 bridgehead atoms. The van der Waals surface area contributed by atoms with Crippen LogP contribution in [0, 0.1) is 11.7 Å². The number of benzene rings is 1. The Hall–Kier alpha value is -1.38. The highest BCUT2D eigenvalue weighted by molar-refractivity contribution is 5.94. The molecule has 80 valence electrons. The third-order valence-corrected chi connectivity index (χ3v) is 2.79. The van der Waals surface area contributed by atoms with Gasteiger partial charge in [0.15, 0.2) is 0 Å². The summed E-state index contributed by atoms with van der Waals surface area (Å²) in [5.74, 6) is 0.200. The van der Waals surface area contributed by atoms with Crippen molar-refractivity contribution in [1.29, 1.82) is 0 Å². The standard InChI is InChI=1S/C12H14FNO/c1-8(9-2-3-9)14-12(15)10-4-6-11(13)7-5-10/h4-9H,2-3H2,1H3,(H,14,15)/t8-/m0/s1. The minimum Gasteiger partial charge on any atom is -0.349 e. The molecule has 1 N–H and O–H groups in total. The minimum absolute atomic E-state index is 0.116. The quantitative estimate of drug-likeness (QED) is 0.809. The number of halogens is 1. The molecular weight excluding hydrogens is 193 g/mol. The van der Waals surface area contributed by atoms with Crippen molar-refractivity contribution in [2.45, 2.75) is 25.8 Å². The number of carbonyl (C=O) groups excluding carboxylic acids is 1. The van der Waals surface area contributed by atoms with Crippen LogP contribution >= 0.6 is 0 Å². The summed E-state index contributed by atoms with van der Waals surface area (Å²) in [5, 5.41) is 2.92. The van der Waals surface area contributed by atoms with Crippen molar-refractivity contribution in [2.24, 2.45) is 5.92 Å². The van der Waals surface area contributed by atoms with E-state index in [2.05, 4.69) is 5.32 Å². The van der Waals surface area contributed by atoms with Crippen LogP contribution in [0.5, 0.6) is 0 Å². The van der Waals surface area contributed by atoms with E-state index < -0.39 is 0 Å². The van der Waals surface area contributed by atoms with Crippen molar-refractivity contribution in [3.8, 4) is 0 Å². The lowest BCUT2D eigenvalue weighted by Crippen LogP contribution is -2.33. The van der Waals surface area contributed by atoms with E-state index >= 15 is 0 Å². The van der Waals surface area contributed by atoms with E-state index in [9.17, 15) is 9.18 Å². The molecule has 0 saturated heterocycles. The average Bonchev–Trinajstić information content (AvgIpc) is 3.01. The number of hydrogen-bond acceptors (Lipinski definition) is 1. The Balaban J connectivity index is 1.97. The van der Waals surface area contributed by atoms with Crippen molar-refractivity contribution >= 4 is 5.91 Å². The van der Waals surface area contributed by atoms with E-state index in [-0.39, 0.29) is 17.8 Å². The van der Waals surface area contributed by atoms with Gasteiger partial charge in [-0.3, -0.25) is 4.79 Å². The van der Waals surface area contributed by atoms with Crippen molar-refractivity contribution in [3.05, 3.63) is 35.6 Å². The second-order valence-electron chi connectivity index (χ2n) is 4.11. The molecule has 2 nitrogen and oxygen atoms in total. The Bertz CT molecular complexity index is 356. The molecule has 0 spiro atoms. The van der Waals surface area contributed by atoms with Crippen LogP contribution in [-0.4, -0.2) is 11.9 Å². The van der Waals surface area contributed by atoms with E-state index in [1.165, 1.54) is 37.1 Å². The van der Waals surface area contributed by atoms with Gasteiger partial charge in [-0.15, -0.1) is 0 Å². The number of rotatable bonds is 3. The monoisotopic (exact) mass is 207 g/mol. The van der Waals surface area contributed by atoms with E-state index in [0.717, 1.165) is 0 Å². The molecule has 1 amide bonds. The summed E-state index contributed by atoms with van der Waals surface area (Å²) in [6.07, 6.45) is 2.40. The molecule has 0 aromatic heterocycles. The van der Waals surface area contributed by atoms with Crippen LogP contribution in [0.3, 0.4) is 0 Å². The highest BCUT2D eigenvalue weighted by Crippen LogP contribution is 2.32. The summed E-state index contributed by atoms with van der Waals surface area (Å²) >= 11 is 0. The fourth-order valence-corrected chi connectivity index (χ4v) is 1.61. The van der Waals surface area contributed by atoms with Crippen molar-refractivity contribution < 1.29 is 9.18 Å². The molecule has 15 heavy (non-hydrogen) atoms. The number of amides is 1. The normalized spacial score (nSPS) is 17.2. The number of hydrogen-bond donors (Lipinski definition) is 1. The van der Waals surface area contributed by atoms with Crippen LogP contribution in [-0.2, 0) is 0 Å². The molecule has 1 fully saturated rings. The molecule has 0 unspecified atom stereocenters. The maximum absolute atomic E-state index is 12.6. The van der Waals surface area contributed by atoms with Crippen LogP contribution in [0.25, 0.3) is 0 Å². The van der Waals surface area contributed by atoms with Crippen LogP contribution in [0.1, 0.15) is 30.1 Å². The molecule has 0 radical (unpaired) electrons. The molecular formula is C12H14FNO. The summed E-state index contributed by atoms with van der Waals surface area (Å²) < 4.78 is 12.6. The third kappa shape index (κ3) is 2.55. The van der Waals surface area contributed by atoms with Crippen molar-refractivity contribution in [3.63, 3.8) is 0 Å². The van der Waals surface area contributed by atoms with Crippen LogP contribution in [0.2, 0.25) is 0 Å². The highest BCUT2D eigenvalue weighted by Gasteiger charge is 2.28. The van der Waals surface area contributed by atoms with E-state index in [1.54, 1.807) is 0 Å². The van der Waals surface area contributed by atoms with Crippen LogP contribution in [0.4, 0.5) is 4.39 Å². The van der Waals surface area contributed by atoms with Crippen molar-refractivity contribution in [2.75, 3.05) is 0 Å². The maximum atomic E-state index is 12.6. The molecule has 2 rings (SSSR count). The molecule has 1 saturated carbocycles. The lowest BCUT2D eigenvalue weighted by atomic mass is 10.1. The van der Waals surface area contributed by atoms with Gasteiger partial charge >= 0.3 is 0 Å². The average molecular weight is 207 g/mol. The highest BCUT2D eigenvalue weighted by atomic mass is 19.1. The lowest BCUT2D eigenvalue weighted by Gasteiger charge is -2.12. The van der Waals surface area contributed by atoms with Gasteiger partial charge in [0.25, 0.3) is 5.91 Å². The lowest BCUT2D eigenvalue weighted by molar-refractivity contribution is 0.0936. The predicted octanol–water partition coefficient (Wildman–Crippen LogP) is 2.35. The first-order valence-corrected chi connectivity index (χ1v) is 5.23. The molecule has 0 aliphatic heterocycles. The number of nitrogens with one attached hydrogen (secondary N) is 1. The van der Waals surface area contributed by atoms with Gasteiger partial charge < -0.3 is 5.32 Å². The van der Waals surface area contributed by atoms with E-state index in [4.69, 9.17) is 0 Å². The zero-order chi connectivity index (χ0) is 10.8. The van der Waals surface area contributed by atoms with Gasteiger partial charge in [-0.05, 0) is 49.9 Å². The second kappa shape index (κ2) is 4.01. The molecule has 0 heterocycles. The fourth-order valence-electron chi connectivity index (χ4n) is 1.61. The van der Waals surface area contributed by atoms with Gasteiger partial charge in [-0.2, -0.15) is 0 Å². The zero-order valence-electron chi connectivity index (χ0n) is 8.66. The largest absolute Gasteiger partial charge is 0.349 e. The number of carbonyl (C=O) groups is 1. The molecule has 1 atom stereocenters. The van der Waals surface area contributed by atoms with Crippen molar-refractivity contribution in [1.82, 2.24) is 5.32 Å². The predicted molar refractivity (Wildman–Crippen MR) is 56.1 cm³/mol. The molecule has 3 heteroatoms. The van der Waals surface area contributed by atoms with Gasteiger partial charge in [0.1, 0.15) is 5.82 Å². The third-order valence-electron chi connectivity index (χ3n) is 2.79. The smallest absolute Gasteiger partial charge is 0.251 e. The Kier molecular flexibility index (Phi) is 2.71. The summed E-state index contributed by atoms with van der Waals surface area (Å²) in [5.41, 5.74) is 0.518. The van der Waals surface area contributed by atoms with Crippen LogP contribution < -0.4 is 5.32 Å². The Morgan fingerprint density at radius 3 is 2.53 bits per heavy atom. The van der Waals surface area contributed by atoms with Gasteiger partial charge in [-0.25, -0.2) is 4.39 Å². The SMILES string of the molecule is C[C@H](NC(=O)c1ccc(F)cc1)C1CC1. The second-order valence-corrected chi connectivity index (χ2v) is 4.11. The summed E-state index contributed by atoms with van der Waals surface area (Å²) in [4.78, 5) is 11.7. The maximum Gasteiger partial charge on any atom is 0.251 e. The van der Waals surface area contributed by atoms with Gasteiger partial charge in [0.05, 0.1) is 0 Å². The van der Waals surface area contributed by atoms with Gasteiger partial charge in [0.2, 0.25) is 0 Å².